The van der Waals surface area contributed by atoms with Gasteiger partial charge in [0.1, 0.15) is 0 Å². The van der Waals surface area contributed by atoms with Gasteiger partial charge in [0.2, 0.25) is 0 Å². The number of nitrogens with two attached hydrogens (primary N) is 1. The second-order valence-corrected chi connectivity index (χ2v) is 3.43. The summed E-state index contributed by atoms with van der Waals surface area (Å²) in [6.07, 6.45) is 1.80. The number of carbonyl (C=O) groups excluding carboxylic acids is 1. The first-order chi connectivity index (χ1) is 6.70. The van der Waals surface area contributed by atoms with E-state index in [0.717, 1.165) is 5.56 Å². The van der Waals surface area contributed by atoms with Gasteiger partial charge in [0.15, 0.2) is 0 Å². The number of fused-ring (bicyclic) bond motifs is 1. The van der Waals surface area contributed by atoms with E-state index in [1.54, 1.807) is 11.0 Å². The van der Waals surface area contributed by atoms with Gasteiger partial charge in [-0.25, -0.2) is 4.79 Å². The number of carbonyl (C=O) groups is 1. The van der Waals surface area contributed by atoms with Gasteiger partial charge in [0.25, 0.3) is 0 Å². The summed E-state index contributed by atoms with van der Waals surface area (Å²) in [4.78, 5) is 12.6. The average molecular weight is 188 g/mol. The summed E-state index contributed by atoms with van der Waals surface area (Å²) in [5, 5.41) is 0. The third-order valence-corrected chi connectivity index (χ3v) is 2.50. The first-order valence-corrected chi connectivity index (χ1v) is 4.49. The number of rotatable bonds is 1. The molecule has 0 spiro atoms. The fourth-order valence-electron chi connectivity index (χ4n) is 1.70. The van der Waals surface area contributed by atoms with Crippen LogP contribution in [0.2, 0.25) is 0 Å². The van der Waals surface area contributed by atoms with E-state index in [9.17, 15) is 4.79 Å². The van der Waals surface area contributed by atoms with Crippen molar-refractivity contribution in [2.24, 2.45) is 5.73 Å². The second kappa shape index (κ2) is 3.18. The number of hydrogen-bond donors (Lipinski definition) is 1. The lowest BCUT2D eigenvalue weighted by Crippen LogP contribution is -2.30. The molecule has 0 radical (unpaired) electrons. The minimum absolute atomic E-state index is 0.360. The molecule has 1 aromatic rings. The number of nitrogens with zero attached hydrogens (tertiary/aromatic N) is 1. The van der Waals surface area contributed by atoms with Crippen molar-refractivity contribution < 1.29 is 4.79 Å². The molecule has 1 aliphatic heterocycles. The van der Waals surface area contributed by atoms with Crippen molar-refractivity contribution in [1.29, 1.82) is 0 Å². The van der Waals surface area contributed by atoms with E-state index < -0.39 is 0 Å². The normalized spacial score (nSPS) is 13.9. The monoisotopic (exact) mass is 188 g/mol. The summed E-state index contributed by atoms with van der Waals surface area (Å²) in [5.74, 6) is 0. The Balaban J connectivity index is 2.31. The molecular formula is C11H12N2O. The number of urea groups is 1. The Morgan fingerprint density at radius 1 is 1.43 bits per heavy atom. The predicted octanol–water partition coefficient (Wildman–Crippen LogP) is 1.72. The van der Waals surface area contributed by atoms with Gasteiger partial charge in [-0.05, 0) is 22.8 Å². The largest absolute Gasteiger partial charge is 0.351 e. The molecule has 14 heavy (non-hydrogen) atoms. The van der Waals surface area contributed by atoms with Crippen molar-refractivity contribution in [3.05, 3.63) is 41.5 Å². The molecule has 72 valence electrons. The van der Waals surface area contributed by atoms with E-state index in [0.29, 0.717) is 13.1 Å². The lowest BCUT2D eigenvalue weighted by atomic mass is 10.1. The topological polar surface area (TPSA) is 46.3 Å². The van der Waals surface area contributed by atoms with E-state index in [4.69, 9.17) is 5.73 Å². The molecule has 0 fully saturated rings. The maximum atomic E-state index is 11.0. The van der Waals surface area contributed by atoms with Crippen LogP contribution >= 0.6 is 0 Å². The molecule has 2 N–H and O–H groups in total. The van der Waals surface area contributed by atoms with Crippen LogP contribution in [0, 0.1) is 0 Å². The first kappa shape index (κ1) is 8.81. The summed E-state index contributed by atoms with van der Waals surface area (Å²) in [6, 6.07) is 5.71. The molecule has 3 nitrogen and oxygen atoms in total. The predicted molar refractivity (Wildman–Crippen MR) is 55.4 cm³/mol. The zero-order valence-corrected chi connectivity index (χ0v) is 7.86. The third-order valence-electron chi connectivity index (χ3n) is 2.50. The van der Waals surface area contributed by atoms with Crippen LogP contribution in [0.1, 0.15) is 16.7 Å². The van der Waals surface area contributed by atoms with Gasteiger partial charge in [-0.3, -0.25) is 0 Å². The van der Waals surface area contributed by atoms with E-state index >= 15 is 0 Å². The van der Waals surface area contributed by atoms with Crippen LogP contribution < -0.4 is 5.73 Å². The van der Waals surface area contributed by atoms with Crippen molar-refractivity contribution in [2.75, 3.05) is 0 Å². The number of amides is 2. The molecule has 2 rings (SSSR count). The van der Waals surface area contributed by atoms with Gasteiger partial charge in [0, 0.05) is 13.1 Å². The highest BCUT2D eigenvalue weighted by molar-refractivity contribution is 5.73. The van der Waals surface area contributed by atoms with E-state index in [1.165, 1.54) is 11.1 Å². The van der Waals surface area contributed by atoms with Crippen LogP contribution in [0.15, 0.2) is 24.8 Å². The molecule has 3 heteroatoms. The highest BCUT2D eigenvalue weighted by Gasteiger charge is 2.20. The van der Waals surface area contributed by atoms with Crippen LogP contribution in [-0.2, 0) is 13.1 Å². The van der Waals surface area contributed by atoms with Crippen molar-refractivity contribution in [3.8, 4) is 0 Å². The van der Waals surface area contributed by atoms with Crippen molar-refractivity contribution >= 4 is 12.1 Å². The number of benzene rings is 1. The SMILES string of the molecule is C=Cc1ccc2c(c1)CN(C(N)=O)C2. The fraction of sp³-hybridized carbons (Fsp3) is 0.182. The zero-order chi connectivity index (χ0) is 10.1. The smallest absolute Gasteiger partial charge is 0.315 e. The summed E-state index contributed by atoms with van der Waals surface area (Å²) in [5.41, 5.74) is 8.64. The first-order valence-electron chi connectivity index (χ1n) is 4.49. The molecule has 0 atom stereocenters. The van der Waals surface area contributed by atoms with Gasteiger partial charge in [-0.15, -0.1) is 0 Å². The van der Waals surface area contributed by atoms with Crippen LogP contribution in [0.3, 0.4) is 0 Å². The highest BCUT2D eigenvalue weighted by Crippen LogP contribution is 2.23. The molecule has 0 aliphatic carbocycles. The molecule has 0 unspecified atom stereocenters. The molecule has 2 amide bonds. The standard InChI is InChI=1S/C11H12N2O/c1-2-8-3-4-9-6-13(11(12)14)7-10(9)5-8/h2-5H,1,6-7H2,(H2,12,14). The van der Waals surface area contributed by atoms with E-state index in [-0.39, 0.29) is 6.03 Å². The summed E-state index contributed by atoms with van der Waals surface area (Å²) in [7, 11) is 0. The van der Waals surface area contributed by atoms with Gasteiger partial charge in [-0.2, -0.15) is 0 Å². The second-order valence-electron chi connectivity index (χ2n) is 3.43. The maximum absolute atomic E-state index is 11.0. The Hall–Kier alpha value is -1.77. The minimum Gasteiger partial charge on any atom is -0.351 e. The number of hydrogen-bond acceptors (Lipinski definition) is 1. The third kappa shape index (κ3) is 1.37. The lowest BCUT2D eigenvalue weighted by molar-refractivity contribution is 0.208. The Labute approximate surface area is 82.8 Å². The summed E-state index contributed by atoms with van der Waals surface area (Å²) >= 11 is 0. The van der Waals surface area contributed by atoms with Crippen LogP contribution in [0.25, 0.3) is 6.08 Å². The Bertz CT molecular complexity index is 398. The molecule has 1 aliphatic rings. The molecule has 0 bridgehead atoms. The quantitative estimate of drug-likeness (QED) is 0.716. The Morgan fingerprint density at radius 2 is 2.14 bits per heavy atom. The summed E-state index contributed by atoms with van der Waals surface area (Å²) in [6.45, 7) is 4.95. The van der Waals surface area contributed by atoms with Gasteiger partial charge in [0.05, 0.1) is 0 Å². The van der Waals surface area contributed by atoms with Crippen LogP contribution in [0.5, 0.6) is 0 Å². The van der Waals surface area contributed by atoms with Crippen molar-refractivity contribution in [3.63, 3.8) is 0 Å². The highest BCUT2D eigenvalue weighted by atomic mass is 16.2. The van der Waals surface area contributed by atoms with Crippen molar-refractivity contribution in [1.82, 2.24) is 4.90 Å². The zero-order valence-electron chi connectivity index (χ0n) is 7.86. The van der Waals surface area contributed by atoms with Gasteiger partial charge >= 0.3 is 6.03 Å². The van der Waals surface area contributed by atoms with Crippen LogP contribution in [-0.4, -0.2) is 10.9 Å². The average Bonchev–Trinajstić information content (AvgIpc) is 2.59. The van der Waals surface area contributed by atoms with Gasteiger partial charge < -0.3 is 10.6 Å². The van der Waals surface area contributed by atoms with E-state index in [1.807, 2.05) is 18.2 Å². The fourth-order valence-corrected chi connectivity index (χ4v) is 1.70. The molecule has 0 saturated carbocycles. The lowest BCUT2D eigenvalue weighted by Gasteiger charge is -2.10. The summed E-state index contributed by atoms with van der Waals surface area (Å²) < 4.78 is 0. The van der Waals surface area contributed by atoms with Gasteiger partial charge in [-0.1, -0.05) is 24.8 Å². The molecule has 1 aromatic carbocycles. The Kier molecular flexibility index (Phi) is 2.00. The minimum atomic E-state index is -0.360. The molecular weight excluding hydrogens is 176 g/mol. The Morgan fingerprint density at radius 3 is 2.79 bits per heavy atom. The molecule has 1 heterocycles. The van der Waals surface area contributed by atoms with E-state index in [2.05, 4.69) is 6.58 Å². The maximum Gasteiger partial charge on any atom is 0.315 e. The molecule has 0 saturated heterocycles. The van der Waals surface area contributed by atoms with Crippen LogP contribution in [0.4, 0.5) is 4.79 Å². The van der Waals surface area contributed by atoms with Crippen molar-refractivity contribution in [2.45, 2.75) is 13.1 Å². The number of primary amides is 1. The molecule has 0 aromatic heterocycles.